The van der Waals surface area contributed by atoms with E-state index < -0.39 is 0 Å². The van der Waals surface area contributed by atoms with E-state index in [1.165, 1.54) is 49.9 Å². The van der Waals surface area contributed by atoms with Crippen molar-refractivity contribution in [3.8, 4) is 22.5 Å². The molecule has 6 aromatic carbocycles. The van der Waals surface area contributed by atoms with Gasteiger partial charge in [-0.25, -0.2) is 15.0 Å². The molecule has 2 aromatic heterocycles. The summed E-state index contributed by atoms with van der Waals surface area (Å²) in [6.07, 6.45) is 17.9. The summed E-state index contributed by atoms with van der Waals surface area (Å²) in [6.45, 7) is 0. The van der Waals surface area contributed by atoms with Crippen molar-refractivity contribution >= 4 is 56.5 Å². The van der Waals surface area contributed by atoms with Crippen LogP contribution < -0.4 is 10.4 Å². The van der Waals surface area contributed by atoms with Crippen molar-refractivity contribution in [2.45, 2.75) is 50.4 Å². The molecular formula is C51H39N3O. The summed E-state index contributed by atoms with van der Waals surface area (Å²) in [5.74, 6) is 2.76. The molecule has 0 radical (unpaired) electrons. The Balaban J connectivity index is 0.980. The molecule has 2 unspecified atom stereocenters. The lowest BCUT2D eigenvalue weighted by Gasteiger charge is -2.21. The molecule has 0 aliphatic heterocycles. The fraction of sp³-hybridized carbons (Fsp3) is 0.157. The van der Waals surface area contributed by atoms with Gasteiger partial charge < -0.3 is 4.42 Å². The largest absolute Gasteiger partial charge is 0.456 e. The average molecular weight is 710 g/mol. The highest BCUT2D eigenvalue weighted by molar-refractivity contribution is 6.12. The van der Waals surface area contributed by atoms with Gasteiger partial charge in [0.15, 0.2) is 11.6 Å². The molecule has 0 amide bonds. The third-order valence-electron chi connectivity index (χ3n) is 11.9. The average Bonchev–Trinajstić information content (AvgIpc) is 3.64. The number of fused-ring (bicyclic) bond motifs is 7. The predicted molar refractivity (Wildman–Crippen MR) is 226 cm³/mol. The molecule has 3 aliphatic carbocycles. The number of allylic oxidation sites excluding steroid dienone is 3. The first-order valence-electron chi connectivity index (χ1n) is 19.7. The maximum Gasteiger partial charge on any atom is 0.163 e. The first-order chi connectivity index (χ1) is 27.2. The third kappa shape index (κ3) is 5.72. The molecule has 0 saturated carbocycles. The van der Waals surface area contributed by atoms with Crippen LogP contribution in [0.5, 0.6) is 0 Å². The SMILES string of the molecule is C1=CC(c2nc(C3=CCCCC3)nc(-c3cccc(-c4cccc5oc6cc(C7C=c8ccccc8=CC7)ccc6c45)c3)n2)Cc2ccc3ccccc3c21. The van der Waals surface area contributed by atoms with Crippen LogP contribution in [0.3, 0.4) is 0 Å². The summed E-state index contributed by atoms with van der Waals surface area (Å²) in [4.78, 5) is 15.6. The van der Waals surface area contributed by atoms with E-state index in [1.54, 1.807) is 0 Å². The van der Waals surface area contributed by atoms with Gasteiger partial charge in [0.25, 0.3) is 0 Å². The minimum atomic E-state index is 0.0660. The number of hydrogen-bond acceptors (Lipinski definition) is 4. The van der Waals surface area contributed by atoms with E-state index in [-0.39, 0.29) is 5.92 Å². The minimum absolute atomic E-state index is 0.0660. The second kappa shape index (κ2) is 13.2. The summed E-state index contributed by atoms with van der Waals surface area (Å²) in [5, 5.41) is 7.44. The highest BCUT2D eigenvalue weighted by atomic mass is 16.3. The normalized spacial score (nSPS) is 17.7. The van der Waals surface area contributed by atoms with E-state index in [0.717, 1.165) is 88.2 Å². The quantitative estimate of drug-likeness (QED) is 0.179. The molecule has 264 valence electrons. The van der Waals surface area contributed by atoms with Gasteiger partial charge >= 0.3 is 0 Å². The van der Waals surface area contributed by atoms with Gasteiger partial charge in [0.05, 0.1) is 0 Å². The van der Waals surface area contributed by atoms with Gasteiger partial charge in [0, 0.05) is 28.2 Å². The third-order valence-corrected chi connectivity index (χ3v) is 11.9. The topological polar surface area (TPSA) is 51.8 Å². The van der Waals surface area contributed by atoms with Crippen LogP contribution >= 0.6 is 0 Å². The van der Waals surface area contributed by atoms with Crippen molar-refractivity contribution in [3.05, 3.63) is 172 Å². The van der Waals surface area contributed by atoms with E-state index in [0.29, 0.717) is 5.92 Å². The van der Waals surface area contributed by atoms with Crippen LogP contribution in [0.1, 0.15) is 72.3 Å². The second-order valence-corrected chi connectivity index (χ2v) is 15.3. The molecule has 55 heavy (non-hydrogen) atoms. The molecule has 0 fully saturated rings. The van der Waals surface area contributed by atoms with Gasteiger partial charge in [-0.3, -0.25) is 0 Å². The van der Waals surface area contributed by atoms with Crippen LogP contribution in [0, 0.1) is 0 Å². The van der Waals surface area contributed by atoms with Gasteiger partial charge in [0.1, 0.15) is 17.0 Å². The first kappa shape index (κ1) is 32.1. The number of nitrogens with zero attached hydrogens (tertiary/aromatic N) is 3. The lowest BCUT2D eigenvalue weighted by atomic mass is 9.86. The Morgan fingerprint density at radius 2 is 1.49 bits per heavy atom. The molecule has 4 nitrogen and oxygen atoms in total. The van der Waals surface area contributed by atoms with Crippen molar-refractivity contribution in [3.63, 3.8) is 0 Å². The van der Waals surface area contributed by atoms with E-state index in [4.69, 9.17) is 19.4 Å². The van der Waals surface area contributed by atoms with Crippen molar-refractivity contribution in [2.75, 3.05) is 0 Å². The Kier molecular flexibility index (Phi) is 7.68. The highest BCUT2D eigenvalue weighted by Gasteiger charge is 2.23. The monoisotopic (exact) mass is 709 g/mol. The van der Waals surface area contributed by atoms with Gasteiger partial charge in [-0.15, -0.1) is 0 Å². The molecule has 11 rings (SSSR count). The summed E-state index contributed by atoms with van der Waals surface area (Å²) >= 11 is 0. The van der Waals surface area contributed by atoms with Gasteiger partial charge in [-0.05, 0) is 111 Å². The Hall–Kier alpha value is -6.39. The molecule has 3 aliphatic rings. The number of aromatic nitrogens is 3. The van der Waals surface area contributed by atoms with Crippen LogP contribution in [0.25, 0.3) is 79.0 Å². The summed E-state index contributed by atoms with van der Waals surface area (Å²) in [5.41, 5.74) is 10.2. The van der Waals surface area contributed by atoms with E-state index in [9.17, 15) is 0 Å². The Morgan fingerprint density at radius 1 is 0.618 bits per heavy atom. The molecule has 0 saturated heterocycles. The number of benzene rings is 6. The highest BCUT2D eigenvalue weighted by Crippen LogP contribution is 2.40. The lowest BCUT2D eigenvalue weighted by Crippen LogP contribution is -2.27. The van der Waals surface area contributed by atoms with Gasteiger partial charge in [-0.1, -0.05) is 134 Å². The summed E-state index contributed by atoms with van der Waals surface area (Å²) in [6, 6.07) is 43.6. The Morgan fingerprint density at radius 3 is 2.44 bits per heavy atom. The molecule has 2 atom stereocenters. The van der Waals surface area contributed by atoms with Gasteiger partial charge in [0.2, 0.25) is 0 Å². The van der Waals surface area contributed by atoms with Crippen LogP contribution in [0.4, 0.5) is 0 Å². The number of hydrogen-bond donors (Lipinski definition) is 0. The fourth-order valence-corrected chi connectivity index (χ4v) is 9.04. The van der Waals surface area contributed by atoms with E-state index in [2.05, 4.69) is 152 Å². The molecule has 8 aromatic rings. The zero-order valence-corrected chi connectivity index (χ0v) is 30.6. The van der Waals surface area contributed by atoms with Crippen molar-refractivity contribution < 1.29 is 4.42 Å². The molecular weight excluding hydrogens is 671 g/mol. The van der Waals surface area contributed by atoms with Crippen LogP contribution in [0.2, 0.25) is 0 Å². The second-order valence-electron chi connectivity index (χ2n) is 15.3. The standard InChI is InChI=1S/C51H39N3O/c1-2-12-34(13-3-1)49-52-50(54-51(53-49)41-25-26-43-39(30-41)23-21-33-11-6-7-17-42(33)43)40-16-8-15-38(29-40)44-18-9-19-46-48(44)45-27-24-37(31-47(45)55-46)36-22-20-32-10-4-5-14-35(32)28-36/h4-12,14-21,23-29,31,36,41H,1-3,13,22,30H2. The molecule has 0 bridgehead atoms. The maximum atomic E-state index is 6.58. The van der Waals surface area contributed by atoms with Crippen molar-refractivity contribution in [1.29, 1.82) is 0 Å². The van der Waals surface area contributed by atoms with Gasteiger partial charge in [-0.2, -0.15) is 0 Å². The van der Waals surface area contributed by atoms with Crippen LogP contribution in [-0.4, -0.2) is 15.0 Å². The minimum Gasteiger partial charge on any atom is -0.456 e. The first-order valence-corrected chi connectivity index (χ1v) is 19.7. The predicted octanol–water partition coefficient (Wildman–Crippen LogP) is 11.3. The molecule has 0 spiro atoms. The molecule has 4 heteroatoms. The zero-order chi connectivity index (χ0) is 36.3. The van der Waals surface area contributed by atoms with E-state index in [1.807, 2.05) is 0 Å². The smallest absolute Gasteiger partial charge is 0.163 e. The van der Waals surface area contributed by atoms with Crippen LogP contribution in [0.15, 0.2) is 138 Å². The van der Waals surface area contributed by atoms with E-state index >= 15 is 0 Å². The Labute approximate surface area is 319 Å². The molecule has 2 heterocycles. The maximum absolute atomic E-state index is 6.58. The number of rotatable bonds is 5. The lowest BCUT2D eigenvalue weighted by molar-refractivity contribution is 0.668. The zero-order valence-electron chi connectivity index (χ0n) is 30.6. The van der Waals surface area contributed by atoms with Crippen molar-refractivity contribution in [1.82, 2.24) is 15.0 Å². The van der Waals surface area contributed by atoms with Crippen LogP contribution in [-0.2, 0) is 6.42 Å². The summed E-state index contributed by atoms with van der Waals surface area (Å²) < 4.78 is 6.58. The summed E-state index contributed by atoms with van der Waals surface area (Å²) in [7, 11) is 0. The van der Waals surface area contributed by atoms with Crippen molar-refractivity contribution in [2.24, 2.45) is 0 Å². The fourth-order valence-electron chi connectivity index (χ4n) is 9.04. The molecule has 0 N–H and O–H groups in total. The number of furan rings is 1. The Bertz CT molecular complexity index is 3020.